The molecule has 1 amide bonds. The van der Waals surface area contributed by atoms with Crippen molar-refractivity contribution < 1.29 is 4.79 Å². The van der Waals surface area contributed by atoms with Crippen LogP contribution in [0.2, 0.25) is 0 Å². The molecule has 0 unspecified atom stereocenters. The first kappa shape index (κ1) is 19.5. The summed E-state index contributed by atoms with van der Waals surface area (Å²) in [7, 11) is 0. The van der Waals surface area contributed by atoms with Crippen LogP contribution in [-0.4, -0.2) is 62.1 Å². The standard InChI is InChI=1S/C25H23N7O/c33-17-30-10-12-31(13-11-30)24-25-28-22(14-18-4-2-1-3-5-18)23(32(25)9-8-26-24)19-6-7-21-20(15-19)16-27-29-21/h1-9,15-17H,10-14H2,(H,27,29). The van der Waals surface area contributed by atoms with Crippen LogP contribution in [0, 0.1) is 0 Å². The number of aromatic amines is 1. The highest BCUT2D eigenvalue weighted by atomic mass is 16.1. The molecule has 0 bridgehead atoms. The van der Waals surface area contributed by atoms with Crippen LogP contribution in [0.5, 0.6) is 0 Å². The smallest absolute Gasteiger partial charge is 0.209 e. The molecular weight excluding hydrogens is 414 g/mol. The Morgan fingerprint density at radius 1 is 1.03 bits per heavy atom. The number of H-pyrrole nitrogens is 1. The lowest BCUT2D eigenvalue weighted by atomic mass is 10.0. The summed E-state index contributed by atoms with van der Waals surface area (Å²) < 4.78 is 2.15. The molecule has 0 aliphatic carbocycles. The highest BCUT2D eigenvalue weighted by Crippen LogP contribution is 2.32. The Hall–Kier alpha value is -4.20. The van der Waals surface area contributed by atoms with E-state index in [4.69, 9.17) is 9.97 Å². The first-order chi connectivity index (χ1) is 16.3. The second kappa shape index (κ2) is 8.05. The molecule has 1 saturated heterocycles. The Balaban J connectivity index is 1.50. The number of imidazole rings is 1. The van der Waals surface area contributed by atoms with Gasteiger partial charge in [0.2, 0.25) is 6.41 Å². The van der Waals surface area contributed by atoms with E-state index in [9.17, 15) is 4.79 Å². The molecule has 6 rings (SSSR count). The fourth-order valence-electron chi connectivity index (χ4n) is 4.58. The maximum atomic E-state index is 11.1. The first-order valence-corrected chi connectivity index (χ1v) is 11.1. The van der Waals surface area contributed by atoms with Crippen LogP contribution >= 0.6 is 0 Å². The number of carbonyl (C=O) groups is 1. The summed E-state index contributed by atoms with van der Waals surface area (Å²) in [5.74, 6) is 0.855. The molecule has 8 nitrogen and oxygen atoms in total. The second-order valence-corrected chi connectivity index (χ2v) is 8.31. The minimum absolute atomic E-state index is 0.688. The highest BCUT2D eigenvalue weighted by Gasteiger charge is 2.23. The van der Waals surface area contributed by atoms with Gasteiger partial charge in [0.15, 0.2) is 11.5 Å². The molecule has 0 atom stereocenters. The van der Waals surface area contributed by atoms with Crippen molar-refractivity contribution in [3.63, 3.8) is 0 Å². The SMILES string of the molecule is O=CN1CCN(c2nccn3c(-c4ccc5[nH]ncc5c4)c(Cc4ccccc4)nc23)CC1. The largest absolute Gasteiger partial charge is 0.350 e. The normalized spacial score (nSPS) is 14.3. The van der Waals surface area contributed by atoms with Crippen molar-refractivity contribution in [3.05, 3.63) is 78.4 Å². The van der Waals surface area contributed by atoms with E-state index in [0.29, 0.717) is 13.1 Å². The van der Waals surface area contributed by atoms with Gasteiger partial charge in [0.1, 0.15) is 0 Å². The van der Waals surface area contributed by atoms with E-state index >= 15 is 0 Å². The number of hydrogen-bond acceptors (Lipinski definition) is 5. The zero-order chi connectivity index (χ0) is 22.2. The summed E-state index contributed by atoms with van der Waals surface area (Å²) in [5.41, 5.74) is 6.21. The second-order valence-electron chi connectivity index (χ2n) is 8.31. The zero-order valence-electron chi connectivity index (χ0n) is 18.1. The molecule has 8 heteroatoms. The van der Waals surface area contributed by atoms with Gasteiger partial charge in [-0.15, -0.1) is 0 Å². The Labute approximate surface area is 190 Å². The summed E-state index contributed by atoms with van der Waals surface area (Å²) in [6.07, 6.45) is 7.31. The molecule has 1 aliphatic heterocycles. The number of anilines is 1. The predicted molar refractivity (Wildman–Crippen MR) is 127 cm³/mol. The lowest BCUT2D eigenvalue weighted by molar-refractivity contribution is -0.118. The summed E-state index contributed by atoms with van der Waals surface area (Å²) in [6, 6.07) is 16.7. The molecule has 1 fully saturated rings. The Bertz CT molecular complexity index is 1430. The maximum absolute atomic E-state index is 11.1. The monoisotopic (exact) mass is 437 g/mol. The van der Waals surface area contributed by atoms with Crippen LogP contribution in [0.25, 0.3) is 27.8 Å². The molecule has 5 aromatic rings. The van der Waals surface area contributed by atoms with E-state index in [-0.39, 0.29) is 0 Å². The van der Waals surface area contributed by atoms with Gasteiger partial charge >= 0.3 is 0 Å². The van der Waals surface area contributed by atoms with Crippen LogP contribution in [0.1, 0.15) is 11.3 Å². The number of rotatable bonds is 5. The van der Waals surface area contributed by atoms with Gasteiger partial charge < -0.3 is 9.80 Å². The number of fused-ring (bicyclic) bond motifs is 2. The predicted octanol–water partition coefficient (Wildman–Crippen LogP) is 3.14. The number of benzene rings is 2. The number of hydrogen-bond donors (Lipinski definition) is 1. The van der Waals surface area contributed by atoms with Crippen LogP contribution in [0.15, 0.2) is 67.1 Å². The van der Waals surface area contributed by atoms with Crippen molar-refractivity contribution in [1.82, 2.24) is 29.5 Å². The molecule has 33 heavy (non-hydrogen) atoms. The van der Waals surface area contributed by atoms with Crippen LogP contribution in [0.3, 0.4) is 0 Å². The molecule has 2 aromatic carbocycles. The fourth-order valence-corrected chi connectivity index (χ4v) is 4.58. The number of carbonyl (C=O) groups excluding carboxylic acids is 1. The highest BCUT2D eigenvalue weighted by molar-refractivity contribution is 5.85. The summed E-state index contributed by atoms with van der Waals surface area (Å²) in [6.45, 7) is 2.85. The van der Waals surface area contributed by atoms with Crippen molar-refractivity contribution in [2.75, 3.05) is 31.1 Å². The van der Waals surface area contributed by atoms with Gasteiger partial charge in [-0.3, -0.25) is 14.3 Å². The van der Waals surface area contributed by atoms with Gasteiger partial charge in [-0.2, -0.15) is 5.10 Å². The Kier molecular flexibility index (Phi) is 4.75. The maximum Gasteiger partial charge on any atom is 0.209 e. The van der Waals surface area contributed by atoms with E-state index in [1.54, 1.807) is 4.90 Å². The summed E-state index contributed by atoms with van der Waals surface area (Å²) in [4.78, 5) is 25.0. The Morgan fingerprint density at radius 3 is 2.70 bits per heavy atom. The van der Waals surface area contributed by atoms with Crippen molar-refractivity contribution in [2.24, 2.45) is 0 Å². The van der Waals surface area contributed by atoms with E-state index in [1.165, 1.54) is 5.56 Å². The summed E-state index contributed by atoms with van der Waals surface area (Å²) >= 11 is 0. The van der Waals surface area contributed by atoms with E-state index in [0.717, 1.165) is 65.2 Å². The minimum Gasteiger partial charge on any atom is -0.350 e. The van der Waals surface area contributed by atoms with Crippen LogP contribution in [-0.2, 0) is 11.2 Å². The lowest BCUT2D eigenvalue weighted by Crippen LogP contribution is -2.46. The van der Waals surface area contributed by atoms with Gasteiger partial charge in [-0.05, 0) is 17.7 Å². The van der Waals surface area contributed by atoms with Crippen molar-refractivity contribution in [2.45, 2.75) is 6.42 Å². The third kappa shape index (κ3) is 3.49. The molecule has 3 aromatic heterocycles. The quantitative estimate of drug-likeness (QED) is 0.427. The molecular formula is C25H23N7O. The van der Waals surface area contributed by atoms with Gasteiger partial charge in [0, 0.05) is 55.9 Å². The molecule has 1 N–H and O–H groups in total. The zero-order valence-corrected chi connectivity index (χ0v) is 18.1. The van der Waals surface area contributed by atoms with Gasteiger partial charge in [0.05, 0.1) is 23.1 Å². The average molecular weight is 438 g/mol. The number of aromatic nitrogens is 5. The topological polar surface area (TPSA) is 82.4 Å². The van der Waals surface area contributed by atoms with Crippen LogP contribution in [0.4, 0.5) is 5.82 Å². The molecule has 0 spiro atoms. The lowest BCUT2D eigenvalue weighted by Gasteiger charge is -2.33. The van der Waals surface area contributed by atoms with Gasteiger partial charge in [0.25, 0.3) is 0 Å². The van der Waals surface area contributed by atoms with Gasteiger partial charge in [-0.25, -0.2) is 9.97 Å². The Morgan fingerprint density at radius 2 is 1.88 bits per heavy atom. The molecule has 0 saturated carbocycles. The minimum atomic E-state index is 0.688. The van der Waals surface area contributed by atoms with Gasteiger partial charge in [-0.1, -0.05) is 36.4 Å². The molecule has 1 aliphatic rings. The average Bonchev–Trinajstić information content (AvgIpc) is 3.48. The van der Waals surface area contributed by atoms with E-state index in [2.05, 4.69) is 62.0 Å². The van der Waals surface area contributed by atoms with E-state index in [1.807, 2.05) is 24.7 Å². The van der Waals surface area contributed by atoms with Crippen molar-refractivity contribution >= 4 is 28.8 Å². The number of amides is 1. The van der Waals surface area contributed by atoms with E-state index < -0.39 is 0 Å². The third-order valence-electron chi connectivity index (χ3n) is 6.29. The van der Waals surface area contributed by atoms with Crippen molar-refractivity contribution in [1.29, 1.82) is 0 Å². The number of piperazine rings is 1. The third-order valence-corrected chi connectivity index (χ3v) is 6.29. The van der Waals surface area contributed by atoms with Crippen LogP contribution < -0.4 is 4.90 Å². The fraction of sp³-hybridized carbons (Fsp3) is 0.200. The molecule has 164 valence electrons. The molecule has 0 radical (unpaired) electrons. The number of nitrogens with one attached hydrogen (secondary N) is 1. The first-order valence-electron chi connectivity index (χ1n) is 11.1. The van der Waals surface area contributed by atoms with Crippen molar-refractivity contribution in [3.8, 4) is 11.3 Å². The molecule has 4 heterocycles. The summed E-state index contributed by atoms with van der Waals surface area (Å²) in [5, 5.41) is 8.26. The number of nitrogens with zero attached hydrogens (tertiary/aromatic N) is 6.